The predicted molar refractivity (Wildman–Crippen MR) is 78.3 cm³/mol. The van der Waals surface area contributed by atoms with E-state index in [-0.39, 0.29) is 17.9 Å². The maximum atomic E-state index is 12.2. The topological polar surface area (TPSA) is 75.9 Å². The van der Waals surface area contributed by atoms with E-state index in [1.165, 1.54) is 0 Å². The van der Waals surface area contributed by atoms with Gasteiger partial charge >= 0.3 is 0 Å². The Bertz CT molecular complexity index is 859. The van der Waals surface area contributed by atoms with Gasteiger partial charge in [-0.15, -0.1) is 0 Å². The lowest BCUT2D eigenvalue weighted by Crippen LogP contribution is -2.74. The number of aromatic nitrogens is 1. The highest BCUT2D eigenvalue weighted by atomic mass is 16.2. The van der Waals surface area contributed by atoms with Crippen LogP contribution in [0.2, 0.25) is 0 Å². The summed E-state index contributed by atoms with van der Waals surface area (Å²) in [5, 5.41) is 3.32. The monoisotopic (exact) mass is 278 g/mol. The SMILES string of the molecule is O=C1NC(=O)C(C2C=CC=[NH+]2)=C1c1c[nH]c2ccccc12. The van der Waals surface area contributed by atoms with Crippen molar-refractivity contribution in [2.24, 2.45) is 0 Å². The van der Waals surface area contributed by atoms with Crippen LogP contribution in [0.5, 0.6) is 0 Å². The fourth-order valence-electron chi connectivity index (χ4n) is 2.87. The Morgan fingerprint density at radius 2 is 1.95 bits per heavy atom. The molecule has 3 heterocycles. The van der Waals surface area contributed by atoms with Gasteiger partial charge in [0.05, 0.1) is 5.57 Å². The van der Waals surface area contributed by atoms with Crippen LogP contribution >= 0.6 is 0 Å². The molecule has 2 aliphatic heterocycles. The van der Waals surface area contributed by atoms with Gasteiger partial charge in [0, 0.05) is 28.7 Å². The molecule has 1 aromatic carbocycles. The molecule has 5 nitrogen and oxygen atoms in total. The number of benzene rings is 1. The number of fused-ring (bicyclic) bond motifs is 1. The van der Waals surface area contributed by atoms with E-state index in [1.54, 1.807) is 12.4 Å². The van der Waals surface area contributed by atoms with E-state index in [0.29, 0.717) is 11.1 Å². The molecule has 0 saturated carbocycles. The number of aromatic amines is 1. The van der Waals surface area contributed by atoms with Crippen molar-refractivity contribution in [1.82, 2.24) is 10.3 Å². The Morgan fingerprint density at radius 3 is 2.76 bits per heavy atom. The molecule has 1 unspecified atom stereocenters. The number of carbonyl (C=O) groups is 2. The van der Waals surface area contributed by atoms with Crippen molar-refractivity contribution in [2.45, 2.75) is 6.04 Å². The first-order chi connectivity index (χ1) is 10.3. The molecule has 2 aliphatic rings. The van der Waals surface area contributed by atoms with Gasteiger partial charge in [0.2, 0.25) is 6.04 Å². The number of carbonyl (C=O) groups excluding carboxylic acids is 2. The smallest absolute Gasteiger partial charge is 0.261 e. The van der Waals surface area contributed by atoms with Crippen LogP contribution in [-0.2, 0) is 9.59 Å². The van der Waals surface area contributed by atoms with Crippen molar-refractivity contribution in [1.29, 1.82) is 0 Å². The number of imide groups is 1. The third-order valence-corrected chi connectivity index (χ3v) is 3.81. The fraction of sp³-hybridized carbons (Fsp3) is 0.0625. The van der Waals surface area contributed by atoms with Gasteiger partial charge in [0.15, 0.2) is 6.21 Å². The molecule has 5 heteroatoms. The summed E-state index contributed by atoms with van der Waals surface area (Å²) in [5.41, 5.74) is 2.60. The number of nitrogens with one attached hydrogen (secondary N) is 3. The van der Waals surface area contributed by atoms with Crippen molar-refractivity contribution in [3.63, 3.8) is 0 Å². The van der Waals surface area contributed by atoms with Crippen LogP contribution in [0.15, 0.2) is 48.2 Å². The normalized spacial score (nSPS) is 20.9. The Kier molecular flexibility index (Phi) is 2.41. The molecule has 0 aliphatic carbocycles. The van der Waals surface area contributed by atoms with Crippen molar-refractivity contribution < 1.29 is 14.6 Å². The molecule has 0 radical (unpaired) electrons. The third-order valence-electron chi connectivity index (χ3n) is 3.81. The molecule has 3 N–H and O–H groups in total. The highest BCUT2D eigenvalue weighted by Crippen LogP contribution is 2.31. The standard InChI is InChI=1S/C16H11N3O2/c20-15-13(10-8-18-11-5-2-1-4-9(10)11)14(16(21)19-15)12-6-3-7-17-12/h1-8,12,18H,(H,19,20,21)/p+1. The maximum absolute atomic E-state index is 12.2. The van der Waals surface area contributed by atoms with E-state index in [2.05, 4.69) is 15.3 Å². The first-order valence-corrected chi connectivity index (χ1v) is 6.68. The average molecular weight is 278 g/mol. The number of hydrogen-bond acceptors (Lipinski definition) is 2. The first kappa shape index (κ1) is 11.8. The van der Waals surface area contributed by atoms with Gasteiger partial charge in [-0.05, 0) is 12.1 Å². The largest absolute Gasteiger partial charge is 0.361 e. The zero-order valence-electron chi connectivity index (χ0n) is 11.0. The lowest BCUT2D eigenvalue weighted by molar-refractivity contribution is -0.466. The second kappa shape index (κ2) is 4.28. The van der Waals surface area contributed by atoms with Gasteiger partial charge in [0.1, 0.15) is 5.57 Å². The molecule has 0 saturated heterocycles. The van der Waals surface area contributed by atoms with Crippen molar-refractivity contribution in [2.75, 3.05) is 0 Å². The van der Waals surface area contributed by atoms with Crippen LogP contribution in [-0.4, -0.2) is 29.1 Å². The average Bonchev–Trinajstić information content (AvgIpc) is 3.17. The molecule has 2 amide bonds. The van der Waals surface area contributed by atoms with Gasteiger partial charge in [0.25, 0.3) is 11.8 Å². The first-order valence-electron chi connectivity index (χ1n) is 6.68. The maximum Gasteiger partial charge on any atom is 0.261 e. The minimum Gasteiger partial charge on any atom is -0.361 e. The van der Waals surface area contributed by atoms with E-state index in [9.17, 15) is 9.59 Å². The predicted octanol–water partition coefficient (Wildman–Crippen LogP) is -0.332. The number of allylic oxidation sites excluding steroid dienone is 1. The zero-order chi connectivity index (χ0) is 14.4. The summed E-state index contributed by atoms with van der Waals surface area (Å²) < 4.78 is 0. The highest BCUT2D eigenvalue weighted by Gasteiger charge is 2.38. The van der Waals surface area contributed by atoms with Gasteiger partial charge in [-0.2, -0.15) is 0 Å². The fourth-order valence-corrected chi connectivity index (χ4v) is 2.87. The summed E-state index contributed by atoms with van der Waals surface area (Å²) in [7, 11) is 0. The summed E-state index contributed by atoms with van der Waals surface area (Å²) in [6.45, 7) is 0. The van der Waals surface area contributed by atoms with E-state index < -0.39 is 0 Å². The van der Waals surface area contributed by atoms with Gasteiger partial charge in [-0.3, -0.25) is 14.9 Å². The van der Waals surface area contributed by atoms with Crippen molar-refractivity contribution in [3.8, 4) is 0 Å². The van der Waals surface area contributed by atoms with E-state index >= 15 is 0 Å². The molecule has 102 valence electrons. The van der Waals surface area contributed by atoms with E-state index in [1.807, 2.05) is 36.4 Å². The van der Waals surface area contributed by atoms with Gasteiger partial charge in [-0.1, -0.05) is 18.2 Å². The lowest BCUT2D eigenvalue weighted by Gasteiger charge is -2.03. The molecule has 0 fully saturated rings. The summed E-state index contributed by atoms with van der Waals surface area (Å²) in [6, 6.07) is 7.45. The number of H-pyrrole nitrogens is 1. The van der Waals surface area contributed by atoms with Crippen LogP contribution in [0.4, 0.5) is 0 Å². The van der Waals surface area contributed by atoms with Crippen LogP contribution in [0, 0.1) is 0 Å². The molecular weight excluding hydrogens is 266 g/mol. The zero-order valence-corrected chi connectivity index (χ0v) is 11.0. The minimum absolute atomic E-state index is 0.264. The van der Waals surface area contributed by atoms with Crippen LogP contribution in [0.3, 0.4) is 0 Å². The Balaban J connectivity index is 1.98. The molecule has 1 atom stereocenters. The lowest BCUT2D eigenvalue weighted by atomic mass is 9.96. The summed E-state index contributed by atoms with van der Waals surface area (Å²) in [6.07, 6.45) is 7.24. The van der Waals surface area contributed by atoms with E-state index in [4.69, 9.17) is 0 Å². The van der Waals surface area contributed by atoms with Crippen LogP contribution < -0.4 is 10.3 Å². The number of amides is 2. The summed E-state index contributed by atoms with van der Waals surface area (Å²) >= 11 is 0. The molecule has 0 bridgehead atoms. The molecule has 1 aromatic heterocycles. The number of hydrogen-bond donors (Lipinski definition) is 3. The van der Waals surface area contributed by atoms with Gasteiger partial charge < -0.3 is 4.98 Å². The number of para-hydroxylation sites is 1. The van der Waals surface area contributed by atoms with Gasteiger partial charge in [-0.25, -0.2) is 4.99 Å². The van der Waals surface area contributed by atoms with Crippen molar-refractivity contribution >= 4 is 34.5 Å². The summed E-state index contributed by atoms with van der Waals surface area (Å²) in [5.74, 6) is -0.681. The second-order valence-electron chi connectivity index (χ2n) is 5.02. The highest BCUT2D eigenvalue weighted by molar-refractivity contribution is 6.37. The molecule has 2 aromatic rings. The summed E-state index contributed by atoms with van der Waals surface area (Å²) in [4.78, 5) is 30.6. The second-order valence-corrected chi connectivity index (χ2v) is 5.02. The molecule has 21 heavy (non-hydrogen) atoms. The molecular formula is C16H12N3O2+. The van der Waals surface area contributed by atoms with Crippen molar-refractivity contribution in [3.05, 3.63) is 53.8 Å². The van der Waals surface area contributed by atoms with E-state index in [0.717, 1.165) is 16.5 Å². The van der Waals surface area contributed by atoms with Crippen LogP contribution in [0.1, 0.15) is 5.56 Å². The number of rotatable bonds is 2. The Hall–Kier alpha value is -2.95. The Morgan fingerprint density at radius 1 is 1.10 bits per heavy atom. The molecule has 0 spiro atoms. The van der Waals surface area contributed by atoms with Crippen LogP contribution in [0.25, 0.3) is 16.5 Å². The quantitative estimate of drug-likeness (QED) is 0.658. The molecule has 4 rings (SSSR count). The minimum atomic E-state index is -0.346. The Labute approximate surface area is 120 Å². The third kappa shape index (κ3) is 1.67.